The number of hydrogen-bond donors (Lipinski definition) is 1. The molecule has 1 aliphatic heterocycles. The third-order valence-corrected chi connectivity index (χ3v) is 5.05. The van der Waals surface area contributed by atoms with Crippen molar-refractivity contribution >= 4 is 40.0 Å². The Morgan fingerprint density at radius 1 is 1.36 bits per heavy atom. The van der Waals surface area contributed by atoms with E-state index in [1.54, 1.807) is 11.1 Å². The molecule has 0 saturated carbocycles. The maximum Gasteiger partial charge on any atom is 0.249 e. The van der Waals surface area contributed by atoms with Crippen molar-refractivity contribution in [1.29, 1.82) is 0 Å². The van der Waals surface area contributed by atoms with E-state index >= 15 is 0 Å². The standard InChI is InChI=1S/C17H19Cl2N3O3/c1-24-13-5-11-12-8-22(14(23)9-25-4-2-3-20)7-10(12)6-21-17(11)16(19)15(13)18/h5-6H,2-4,7-9,20H2,1H3. The molecule has 0 aliphatic carbocycles. The molecule has 0 fully saturated rings. The summed E-state index contributed by atoms with van der Waals surface area (Å²) in [5.41, 5.74) is 8.02. The van der Waals surface area contributed by atoms with E-state index in [0.717, 1.165) is 22.9 Å². The minimum atomic E-state index is -0.0617. The maximum atomic E-state index is 12.3. The fraction of sp³-hybridized carbons (Fsp3) is 0.412. The quantitative estimate of drug-likeness (QED) is 0.775. The van der Waals surface area contributed by atoms with E-state index in [0.29, 0.717) is 47.6 Å². The first-order valence-corrected chi connectivity index (χ1v) is 8.70. The molecule has 134 valence electrons. The molecule has 1 aromatic carbocycles. The zero-order valence-electron chi connectivity index (χ0n) is 13.8. The van der Waals surface area contributed by atoms with E-state index in [2.05, 4.69) is 4.98 Å². The Hall–Kier alpha value is -1.60. The van der Waals surface area contributed by atoms with E-state index in [1.165, 1.54) is 7.11 Å². The number of nitrogens with zero attached hydrogens (tertiary/aromatic N) is 2. The van der Waals surface area contributed by atoms with Crippen LogP contribution in [0.5, 0.6) is 5.75 Å². The lowest BCUT2D eigenvalue weighted by atomic mass is 10.1. The molecule has 0 saturated heterocycles. The van der Waals surface area contributed by atoms with E-state index in [4.69, 9.17) is 38.4 Å². The van der Waals surface area contributed by atoms with Crippen LogP contribution in [0, 0.1) is 0 Å². The summed E-state index contributed by atoms with van der Waals surface area (Å²) in [5, 5.41) is 1.54. The highest BCUT2D eigenvalue weighted by atomic mass is 35.5. The summed E-state index contributed by atoms with van der Waals surface area (Å²) in [6, 6.07) is 1.82. The molecule has 1 aromatic heterocycles. The van der Waals surface area contributed by atoms with Crippen molar-refractivity contribution in [2.45, 2.75) is 19.5 Å². The number of carbonyl (C=O) groups excluding carboxylic acids is 1. The van der Waals surface area contributed by atoms with Gasteiger partial charge in [0.25, 0.3) is 0 Å². The van der Waals surface area contributed by atoms with E-state index in [1.807, 2.05) is 6.07 Å². The number of nitrogens with two attached hydrogens (primary N) is 1. The molecule has 0 bridgehead atoms. The van der Waals surface area contributed by atoms with Crippen molar-refractivity contribution < 1.29 is 14.3 Å². The summed E-state index contributed by atoms with van der Waals surface area (Å²) < 4.78 is 10.6. The van der Waals surface area contributed by atoms with Crippen molar-refractivity contribution in [3.63, 3.8) is 0 Å². The van der Waals surface area contributed by atoms with E-state index < -0.39 is 0 Å². The zero-order valence-corrected chi connectivity index (χ0v) is 15.4. The van der Waals surface area contributed by atoms with Crippen LogP contribution in [-0.4, -0.2) is 42.7 Å². The first-order valence-electron chi connectivity index (χ1n) is 7.94. The molecule has 1 amide bonds. The van der Waals surface area contributed by atoms with E-state index in [-0.39, 0.29) is 12.5 Å². The first-order chi connectivity index (χ1) is 12.1. The number of ether oxygens (including phenoxy) is 2. The third kappa shape index (κ3) is 3.53. The third-order valence-electron chi connectivity index (χ3n) is 4.21. The molecular weight excluding hydrogens is 365 g/mol. The Morgan fingerprint density at radius 2 is 2.16 bits per heavy atom. The molecule has 2 N–H and O–H groups in total. The van der Waals surface area contributed by atoms with Crippen LogP contribution in [0.2, 0.25) is 10.0 Å². The van der Waals surface area contributed by atoms with Gasteiger partial charge in [-0.1, -0.05) is 23.2 Å². The zero-order chi connectivity index (χ0) is 18.0. The monoisotopic (exact) mass is 383 g/mol. The molecule has 3 rings (SSSR count). The molecular formula is C17H19Cl2N3O3. The maximum absolute atomic E-state index is 12.3. The molecule has 1 aliphatic rings. The Kier molecular flexibility index (Phi) is 5.64. The summed E-state index contributed by atoms with van der Waals surface area (Å²) in [5.74, 6) is 0.428. The fourth-order valence-electron chi connectivity index (χ4n) is 2.88. The van der Waals surface area contributed by atoms with Crippen molar-refractivity contribution in [2.75, 3.05) is 26.9 Å². The van der Waals surface area contributed by atoms with Gasteiger partial charge in [-0.15, -0.1) is 0 Å². The second kappa shape index (κ2) is 7.74. The predicted molar refractivity (Wildman–Crippen MR) is 97.1 cm³/mol. The van der Waals surface area contributed by atoms with Crippen LogP contribution < -0.4 is 10.5 Å². The second-order valence-electron chi connectivity index (χ2n) is 5.81. The number of methoxy groups -OCH3 is 1. The lowest BCUT2D eigenvalue weighted by Crippen LogP contribution is -2.29. The van der Waals surface area contributed by atoms with Crippen molar-refractivity contribution in [3.05, 3.63) is 33.4 Å². The lowest BCUT2D eigenvalue weighted by Gasteiger charge is -2.15. The molecule has 0 radical (unpaired) electrons. The number of benzene rings is 1. The first kappa shape index (κ1) is 18.2. The van der Waals surface area contributed by atoms with Gasteiger partial charge in [0.2, 0.25) is 5.91 Å². The average Bonchev–Trinajstić information content (AvgIpc) is 3.06. The number of fused-ring (bicyclic) bond motifs is 3. The van der Waals surface area contributed by atoms with Crippen LogP contribution in [0.4, 0.5) is 0 Å². The Labute approximate surface area is 155 Å². The van der Waals surface area contributed by atoms with Gasteiger partial charge < -0.3 is 20.1 Å². The number of aromatic nitrogens is 1. The number of carbonyl (C=O) groups is 1. The van der Waals surface area contributed by atoms with Crippen LogP contribution in [0.15, 0.2) is 12.3 Å². The minimum absolute atomic E-state index is 0.0508. The highest BCUT2D eigenvalue weighted by Crippen LogP contribution is 2.40. The average molecular weight is 384 g/mol. The van der Waals surface area contributed by atoms with Crippen LogP contribution in [0.1, 0.15) is 17.5 Å². The minimum Gasteiger partial charge on any atom is -0.495 e. The van der Waals surface area contributed by atoms with Gasteiger partial charge in [0, 0.05) is 31.3 Å². The fourth-order valence-corrected chi connectivity index (χ4v) is 3.34. The van der Waals surface area contributed by atoms with Crippen LogP contribution in [0.3, 0.4) is 0 Å². The molecule has 6 nitrogen and oxygen atoms in total. The topological polar surface area (TPSA) is 77.7 Å². The highest BCUT2D eigenvalue weighted by molar-refractivity contribution is 6.46. The molecule has 8 heteroatoms. The molecule has 0 unspecified atom stereocenters. The molecule has 0 spiro atoms. The van der Waals surface area contributed by atoms with Crippen LogP contribution in [0.25, 0.3) is 10.9 Å². The molecule has 25 heavy (non-hydrogen) atoms. The predicted octanol–water partition coefficient (Wildman–Crippen LogP) is 2.76. The summed E-state index contributed by atoms with van der Waals surface area (Å²) in [4.78, 5) is 18.5. The highest BCUT2D eigenvalue weighted by Gasteiger charge is 2.27. The summed E-state index contributed by atoms with van der Waals surface area (Å²) in [7, 11) is 1.54. The van der Waals surface area contributed by atoms with E-state index in [9.17, 15) is 4.79 Å². The van der Waals surface area contributed by atoms with Crippen LogP contribution >= 0.6 is 23.2 Å². The normalized spacial score (nSPS) is 13.4. The van der Waals surface area contributed by atoms with Gasteiger partial charge in [-0.3, -0.25) is 9.78 Å². The van der Waals surface area contributed by atoms with Gasteiger partial charge >= 0.3 is 0 Å². The van der Waals surface area contributed by atoms with Crippen LogP contribution in [-0.2, 0) is 22.6 Å². The van der Waals surface area contributed by atoms with Gasteiger partial charge in [-0.05, 0) is 30.2 Å². The molecule has 0 atom stereocenters. The smallest absolute Gasteiger partial charge is 0.249 e. The number of amides is 1. The Morgan fingerprint density at radius 3 is 2.88 bits per heavy atom. The van der Waals surface area contributed by atoms with Gasteiger partial charge in [-0.25, -0.2) is 0 Å². The largest absolute Gasteiger partial charge is 0.495 e. The van der Waals surface area contributed by atoms with Crippen molar-refractivity contribution in [3.8, 4) is 5.75 Å². The summed E-state index contributed by atoms with van der Waals surface area (Å²) >= 11 is 12.5. The molecule has 2 heterocycles. The van der Waals surface area contributed by atoms with Gasteiger partial charge in [0.05, 0.1) is 17.6 Å². The van der Waals surface area contributed by atoms with Crippen molar-refractivity contribution in [2.24, 2.45) is 5.73 Å². The van der Waals surface area contributed by atoms with Gasteiger partial charge in [0.15, 0.2) is 0 Å². The number of halogens is 2. The SMILES string of the molecule is COc1cc2c3c(cnc2c(Cl)c1Cl)CN(C(=O)COCCCN)C3. The van der Waals surface area contributed by atoms with Gasteiger partial charge in [-0.2, -0.15) is 0 Å². The molecule has 2 aromatic rings. The second-order valence-corrected chi connectivity index (χ2v) is 6.57. The Bertz CT molecular complexity index is 814. The van der Waals surface area contributed by atoms with Gasteiger partial charge in [0.1, 0.15) is 17.4 Å². The number of rotatable bonds is 6. The number of pyridine rings is 1. The summed E-state index contributed by atoms with van der Waals surface area (Å²) in [6.45, 7) is 2.06. The summed E-state index contributed by atoms with van der Waals surface area (Å²) in [6.07, 6.45) is 2.48. The number of hydrogen-bond acceptors (Lipinski definition) is 5. The lowest BCUT2D eigenvalue weighted by molar-refractivity contribution is -0.136. The Balaban J connectivity index is 1.85. The van der Waals surface area contributed by atoms with Crippen molar-refractivity contribution in [1.82, 2.24) is 9.88 Å².